The summed E-state index contributed by atoms with van der Waals surface area (Å²) in [4.78, 5) is 53.7. The predicted octanol–water partition coefficient (Wildman–Crippen LogP) is 3.20. The van der Waals surface area contributed by atoms with Crippen LogP contribution in [0.1, 0.15) is 34.3 Å². The van der Waals surface area contributed by atoms with Gasteiger partial charge in [-0.1, -0.05) is 24.3 Å². The van der Waals surface area contributed by atoms with E-state index in [0.717, 1.165) is 17.5 Å². The number of hydrogen-bond donors (Lipinski definition) is 0. The van der Waals surface area contributed by atoms with E-state index in [1.54, 1.807) is 23.9 Å². The normalized spacial score (nSPS) is 31.9. The summed E-state index contributed by atoms with van der Waals surface area (Å²) >= 11 is 1.54. The second-order valence-corrected chi connectivity index (χ2v) is 10.8. The first-order chi connectivity index (χ1) is 15.8. The molecule has 3 fully saturated rings. The second-order valence-electron chi connectivity index (χ2n) is 9.83. The van der Waals surface area contributed by atoms with Crippen LogP contribution in [-0.4, -0.2) is 53.1 Å². The SMILES string of the molecule is CSCC[C@H](C(=O)OCC(=O)c1ccc(C)c(C)c1)N1C(=O)[C@@H]2[C@H]3C=C[C@@H]([C@@H]4C[C@@H]34)[C@@H]2C1=O. The molecule has 1 saturated heterocycles. The number of allylic oxidation sites excluding steroid dienone is 2. The Balaban J connectivity index is 1.31. The maximum atomic E-state index is 13.4. The van der Waals surface area contributed by atoms with E-state index in [9.17, 15) is 19.2 Å². The number of amides is 2. The molecule has 0 aromatic heterocycles. The number of ether oxygens (including phenoxy) is 1. The summed E-state index contributed by atoms with van der Waals surface area (Å²) in [7, 11) is 0. The fourth-order valence-corrected chi connectivity index (χ4v) is 6.56. The van der Waals surface area contributed by atoms with Gasteiger partial charge in [-0.25, -0.2) is 4.79 Å². The third-order valence-corrected chi connectivity index (χ3v) is 8.69. The van der Waals surface area contributed by atoms with E-state index in [1.165, 1.54) is 4.90 Å². The van der Waals surface area contributed by atoms with Crippen molar-refractivity contribution in [1.29, 1.82) is 0 Å². The molecule has 1 aliphatic heterocycles. The topological polar surface area (TPSA) is 80.8 Å². The fraction of sp³-hybridized carbons (Fsp3) is 0.538. The number of nitrogens with zero attached hydrogens (tertiary/aromatic N) is 1. The molecular weight excluding hydrogens is 438 g/mol. The third kappa shape index (κ3) is 3.65. The Bertz CT molecular complexity index is 1030. The number of aryl methyl sites for hydroxylation is 2. The number of ketones is 1. The maximum Gasteiger partial charge on any atom is 0.329 e. The number of carbonyl (C=O) groups is 4. The molecule has 0 spiro atoms. The largest absolute Gasteiger partial charge is 0.456 e. The number of Topliss-reactive ketones (excluding diaryl/α,β-unsaturated/α-hetero) is 1. The van der Waals surface area contributed by atoms with Crippen molar-refractivity contribution in [2.75, 3.05) is 18.6 Å². The van der Waals surface area contributed by atoms with Crippen LogP contribution in [0.5, 0.6) is 0 Å². The predicted molar refractivity (Wildman–Crippen MR) is 125 cm³/mol. The molecule has 1 aromatic rings. The van der Waals surface area contributed by atoms with Crippen LogP contribution in [0.4, 0.5) is 0 Å². The molecule has 6 rings (SSSR count). The average Bonchev–Trinajstić information content (AvgIpc) is 3.59. The molecule has 0 N–H and O–H groups in total. The number of rotatable bonds is 8. The number of carbonyl (C=O) groups excluding carboxylic acids is 4. The van der Waals surface area contributed by atoms with Crippen LogP contribution in [0.3, 0.4) is 0 Å². The number of likely N-dealkylation sites (tertiary alicyclic amines) is 1. The molecule has 1 aromatic carbocycles. The highest BCUT2D eigenvalue weighted by molar-refractivity contribution is 7.98. The van der Waals surface area contributed by atoms with Gasteiger partial charge in [-0.2, -0.15) is 11.8 Å². The van der Waals surface area contributed by atoms with Crippen molar-refractivity contribution in [1.82, 2.24) is 4.90 Å². The Morgan fingerprint density at radius 1 is 1.06 bits per heavy atom. The van der Waals surface area contributed by atoms with Gasteiger partial charge in [0.05, 0.1) is 11.8 Å². The van der Waals surface area contributed by atoms with Crippen LogP contribution < -0.4 is 0 Å². The Labute approximate surface area is 198 Å². The number of benzene rings is 1. The molecule has 2 saturated carbocycles. The van der Waals surface area contributed by atoms with Gasteiger partial charge in [0.2, 0.25) is 11.8 Å². The summed E-state index contributed by atoms with van der Waals surface area (Å²) < 4.78 is 5.39. The van der Waals surface area contributed by atoms with Crippen molar-refractivity contribution in [3.8, 4) is 0 Å². The molecule has 7 heteroatoms. The maximum absolute atomic E-state index is 13.4. The van der Waals surface area contributed by atoms with Gasteiger partial charge in [-0.15, -0.1) is 0 Å². The molecule has 33 heavy (non-hydrogen) atoms. The lowest BCUT2D eigenvalue weighted by Gasteiger charge is -2.37. The fourth-order valence-electron chi connectivity index (χ4n) is 6.10. The van der Waals surface area contributed by atoms with Crippen molar-refractivity contribution in [3.05, 3.63) is 47.0 Å². The molecule has 0 unspecified atom stereocenters. The van der Waals surface area contributed by atoms with E-state index in [1.807, 2.05) is 26.2 Å². The zero-order valence-electron chi connectivity index (χ0n) is 19.2. The first-order valence-electron chi connectivity index (χ1n) is 11.6. The van der Waals surface area contributed by atoms with Crippen LogP contribution in [0, 0.1) is 49.4 Å². The van der Waals surface area contributed by atoms with E-state index >= 15 is 0 Å². The van der Waals surface area contributed by atoms with E-state index < -0.39 is 18.6 Å². The van der Waals surface area contributed by atoms with Gasteiger partial charge in [0, 0.05) is 5.56 Å². The molecule has 2 amide bonds. The summed E-state index contributed by atoms with van der Waals surface area (Å²) in [5.41, 5.74) is 2.55. The molecule has 174 valence electrons. The summed E-state index contributed by atoms with van der Waals surface area (Å²) in [6.45, 7) is 3.48. The summed E-state index contributed by atoms with van der Waals surface area (Å²) in [6, 6.07) is 4.38. The lowest BCUT2D eigenvalue weighted by atomic mass is 9.63. The van der Waals surface area contributed by atoms with Gasteiger partial charge < -0.3 is 4.74 Å². The van der Waals surface area contributed by atoms with Gasteiger partial charge in [0.25, 0.3) is 0 Å². The number of hydrogen-bond acceptors (Lipinski definition) is 6. The van der Waals surface area contributed by atoms with E-state index in [2.05, 4.69) is 12.2 Å². The number of imide groups is 1. The molecule has 1 heterocycles. The van der Waals surface area contributed by atoms with Crippen LogP contribution in [0.15, 0.2) is 30.4 Å². The van der Waals surface area contributed by atoms with Crippen molar-refractivity contribution in [3.63, 3.8) is 0 Å². The smallest absolute Gasteiger partial charge is 0.329 e. The van der Waals surface area contributed by atoms with Gasteiger partial charge in [0.1, 0.15) is 6.04 Å². The summed E-state index contributed by atoms with van der Waals surface area (Å²) in [5, 5.41) is 0. The average molecular weight is 468 g/mol. The molecule has 0 radical (unpaired) electrons. The first-order valence-corrected chi connectivity index (χ1v) is 13.0. The minimum absolute atomic E-state index is 0.107. The molecular formula is C26H29NO5S. The van der Waals surface area contributed by atoms with Crippen LogP contribution in [-0.2, 0) is 19.1 Å². The lowest BCUT2D eigenvalue weighted by molar-refractivity contribution is -0.158. The molecule has 4 aliphatic carbocycles. The highest BCUT2D eigenvalue weighted by Crippen LogP contribution is 2.65. The minimum atomic E-state index is -0.980. The Morgan fingerprint density at radius 3 is 2.27 bits per heavy atom. The Hall–Kier alpha value is -2.41. The lowest BCUT2D eigenvalue weighted by Crippen LogP contribution is -2.47. The van der Waals surface area contributed by atoms with Crippen LogP contribution in [0.2, 0.25) is 0 Å². The highest BCUT2D eigenvalue weighted by Gasteiger charge is 2.68. The molecule has 7 atom stereocenters. The monoisotopic (exact) mass is 467 g/mol. The van der Waals surface area contributed by atoms with Crippen molar-refractivity contribution >= 4 is 35.3 Å². The van der Waals surface area contributed by atoms with Gasteiger partial charge in [-0.05, 0) is 79.6 Å². The first kappa shape index (κ1) is 22.4. The zero-order chi connectivity index (χ0) is 23.4. The van der Waals surface area contributed by atoms with Crippen molar-refractivity contribution in [2.24, 2.45) is 35.5 Å². The molecule has 5 aliphatic rings. The van der Waals surface area contributed by atoms with Crippen molar-refractivity contribution in [2.45, 2.75) is 32.7 Å². The Morgan fingerprint density at radius 2 is 1.70 bits per heavy atom. The van der Waals surface area contributed by atoms with E-state index in [-0.39, 0.29) is 41.3 Å². The zero-order valence-corrected chi connectivity index (χ0v) is 20.0. The van der Waals surface area contributed by atoms with Gasteiger partial charge >= 0.3 is 5.97 Å². The highest BCUT2D eigenvalue weighted by atomic mass is 32.2. The number of esters is 1. The van der Waals surface area contributed by atoms with Crippen LogP contribution in [0.25, 0.3) is 0 Å². The van der Waals surface area contributed by atoms with E-state index in [0.29, 0.717) is 29.6 Å². The summed E-state index contributed by atoms with van der Waals surface area (Å²) in [5.74, 6) is -0.321. The summed E-state index contributed by atoms with van der Waals surface area (Å²) in [6.07, 6.45) is 7.56. The van der Waals surface area contributed by atoms with Gasteiger partial charge in [-0.3, -0.25) is 19.3 Å². The molecule has 6 nitrogen and oxygen atoms in total. The van der Waals surface area contributed by atoms with Crippen molar-refractivity contribution < 1.29 is 23.9 Å². The van der Waals surface area contributed by atoms with E-state index in [4.69, 9.17) is 4.74 Å². The second kappa shape index (κ2) is 8.42. The Kier molecular flexibility index (Phi) is 5.71. The quantitative estimate of drug-likeness (QED) is 0.253. The standard InChI is InChI=1S/C26H29NO5S/c1-13-4-5-15(10-14(13)2)21(28)12-32-26(31)20(8-9-33-3)27-24(29)22-16-6-7-17(19-11-18(16)19)23(22)25(27)30/h4-7,10,16-20,22-23H,8-9,11-12H2,1-3H3/t16-,17-,18-,19-,20+,22-,23+/m0/s1. The van der Waals surface area contributed by atoms with Gasteiger partial charge in [0.15, 0.2) is 12.4 Å². The molecule has 2 bridgehead atoms. The minimum Gasteiger partial charge on any atom is -0.456 e. The third-order valence-electron chi connectivity index (χ3n) is 8.05. The number of thioether (sulfide) groups is 1. The van der Waals surface area contributed by atoms with Crippen LogP contribution >= 0.6 is 11.8 Å².